The summed E-state index contributed by atoms with van der Waals surface area (Å²) in [5.41, 5.74) is 1.57. The Bertz CT molecular complexity index is 1100. The van der Waals surface area contributed by atoms with Crippen LogP contribution in [-0.4, -0.2) is 68.0 Å². The molecule has 0 aromatic heterocycles. The highest BCUT2D eigenvalue weighted by molar-refractivity contribution is 7.87. The molecule has 4 unspecified atom stereocenters. The van der Waals surface area contributed by atoms with Crippen LogP contribution in [0.2, 0.25) is 0 Å². The molecular formula is C25H36O10S2. The second-order valence-electron chi connectivity index (χ2n) is 9.22. The van der Waals surface area contributed by atoms with Crippen molar-refractivity contribution in [1.29, 1.82) is 0 Å². The maximum absolute atomic E-state index is 12.8. The maximum Gasteiger partial charge on any atom is 0.299 e. The van der Waals surface area contributed by atoms with Crippen molar-refractivity contribution in [2.24, 2.45) is 0 Å². The van der Waals surface area contributed by atoms with Crippen molar-refractivity contribution in [1.82, 2.24) is 0 Å². The van der Waals surface area contributed by atoms with Crippen molar-refractivity contribution < 1.29 is 45.6 Å². The van der Waals surface area contributed by atoms with E-state index in [1.165, 1.54) is 48.5 Å². The second-order valence-corrected chi connectivity index (χ2v) is 12.4. The van der Waals surface area contributed by atoms with Crippen molar-refractivity contribution >= 4 is 20.2 Å². The Morgan fingerprint density at radius 3 is 1.43 bits per heavy atom. The summed E-state index contributed by atoms with van der Waals surface area (Å²) in [6, 6.07) is 11.2. The van der Waals surface area contributed by atoms with Gasteiger partial charge in [-0.15, -0.1) is 0 Å². The molecule has 0 amide bonds. The highest BCUT2D eigenvalue weighted by Gasteiger charge is 2.34. The zero-order valence-electron chi connectivity index (χ0n) is 21.1. The largest absolute Gasteiger partial charge is 0.393 e. The van der Waals surface area contributed by atoms with Crippen LogP contribution in [0.5, 0.6) is 0 Å². The van der Waals surface area contributed by atoms with Gasteiger partial charge in [-0.2, -0.15) is 16.8 Å². The van der Waals surface area contributed by atoms with Crippen LogP contribution in [0, 0.1) is 13.8 Å². The summed E-state index contributed by atoms with van der Waals surface area (Å²) in [7, 11) is -9.09. The van der Waals surface area contributed by atoms with E-state index < -0.39 is 57.4 Å². The Hall–Kier alpha value is -1.90. The van der Waals surface area contributed by atoms with Gasteiger partial charge in [0.05, 0.1) is 28.1 Å². The minimum absolute atomic E-state index is 0.121. The minimum Gasteiger partial charge on any atom is -0.393 e. The minimum atomic E-state index is -4.55. The summed E-state index contributed by atoms with van der Waals surface area (Å²) in [6.07, 6.45) is -6.15. The van der Waals surface area contributed by atoms with Crippen LogP contribution in [0.15, 0.2) is 58.3 Å². The van der Waals surface area contributed by atoms with Crippen molar-refractivity contribution in [3.8, 4) is 0 Å². The van der Waals surface area contributed by atoms with E-state index in [9.17, 15) is 37.3 Å². The van der Waals surface area contributed by atoms with Crippen molar-refractivity contribution in [3.63, 3.8) is 0 Å². The van der Waals surface area contributed by atoms with Gasteiger partial charge in [-0.05, 0) is 70.7 Å². The third kappa shape index (κ3) is 10.4. The molecule has 0 aliphatic carbocycles. The van der Waals surface area contributed by atoms with Crippen LogP contribution in [0.4, 0.5) is 0 Å². The lowest BCUT2D eigenvalue weighted by atomic mass is 10.0. The van der Waals surface area contributed by atoms with Crippen LogP contribution in [0.3, 0.4) is 0 Å². The van der Waals surface area contributed by atoms with Gasteiger partial charge in [0.2, 0.25) is 6.29 Å². The second kappa shape index (κ2) is 13.8. The molecule has 2 aromatic carbocycles. The first-order chi connectivity index (χ1) is 17.2. The normalized spacial score (nSPS) is 15.9. The van der Waals surface area contributed by atoms with Gasteiger partial charge < -0.3 is 20.4 Å². The Labute approximate surface area is 218 Å². The zero-order valence-corrected chi connectivity index (χ0v) is 22.7. The molecule has 0 aliphatic heterocycles. The molecule has 0 spiro atoms. The number of benzene rings is 2. The molecule has 0 heterocycles. The monoisotopic (exact) mass is 560 g/mol. The number of aliphatic hydroxyl groups excluding tert-OH is 4. The lowest BCUT2D eigenvalue weighted by Crippen LogP contribution is -2.38. The SMILES string of the molecule is Cc1ccc(S(=O)(=O)OC(OS(=O)(=O)c2ccc(C)cc2)C(O)CC(O)CCCC(O)CC(C)O)cc1. The Balaban J connectivity index is 2.18. The summed E-state index contributed by atoms with van der Waals surface area (Å²) >= 11 is 0. The molecule has 12 heteroatoms. The molecule has 0 saturated heterocycles. The fourth-order valence-electron chi connectivity index (χ4n) is 3.52. The van der Waals surface area contributed by atoms with E-state index in [-0.39, 0.29) is 29.1 Å². The van der Waals surface area contributed by atoms with Crippen LogP contribution in [0.25, 0.3) is 0 Å². The third-order valence-electron chi connectivity index (χ3n) is 5.58. The Morgan fingerprint density at radius 1 is 0.676 bits per heavy atom. The van der Waals surface area contributed by atoms with Gasteiger partial charge in [-0.3, -0.25) is 0 Å². The molecule has 2 aromatic rings. The predicted octanol–water partition coefficient (Wildman–Crippen LogP) is 2.15. The molecule has 2 rings (SSSR count). The predicted molar refractivity (Wildman–Crippen MR) is 135 cm³/mol. The number of aliphatic hydroxyl groups is 4. The topological polar surface area (TPSA) is 168 Å². The molecule has 10 nitrogen and oxygen atoms in total. The lowest BCUT2D eigenvalue weighted by molar-refractivity contribution is -0.0938. The van der Waals surface area contributed by atoms with E-state index in [4.69, 9.17) is 8.37 Å². The van der Waals surface area contributed by atoms with Crippen molar-refractivity contribution in [2.75, 3.05) is 0 Å². The molecule has 0 fully saturated rings. The van der Waals surface area contributed by atoms with Crippen LogP contribution in [-0.2, 0) is 28.6 Å². The maximum atomic E-state index is 12.8. The molecule has 4 atom stereocenters. The molecule has 208 valence electrons. The number of rotatable bonds is 15. The summed E-state index contributed by atoms with van der Waals surface area (Å²) in [5.74, 6) is 0. The van der Waals surface area contributed by atoms with Gasteiger partial charge in [0.1, 0.15) is 6.10 Å². The molecule has 0 radical (unpaired) electrons. The molecule has 0 saturated carbocycles. The quantitative estimate of drug-likeness (QED) is 0.187. The first-order valence-corrected chi connectivity index (χ1v) is 14.7. The van der Waals surface area contributed by atoms with Crippen LogP contribution >= 0.6 is 0 Å². The highest BCUT2D eigenvalue weighted by atomic mass is 32.2. The van der Waals surface area contributed by atoms with Gasteiger partial charge in [0.25, 0.3) is 20.2 Å². The van der Waals surface area contributed by atoms with E-state index in [0.29, 0.717) is 6.42 Å². The number of hydrogen-bond donors (Lipinski definition) is 4. The van der Waals surface area contributed by atoms with Gasteiger partial charge >= 0.3 is 0 Å². The first-order valence-electron chi connectivity index (χ1n) is 11.9. The van der Waals surface area contributed by atoms with Gasteiger partial charge in [0, 0.05) is 6.42 Å². The number of aryl methyl sites for hydroxylation is 2. The van der Waals surface area contributed by atoms with E-state index in [2.05, 4.69) is 0 Å². The summed E-state index contributed by atoms with van der Waals surface area (Å²) in [4.78, 5) is -0.529. The average Bonchev–Trinajstić information content (AvgIpc) is 2.78. The molecule has 0 aliphatic rings. The molecular weight excluding hydrogens is 524 g/mol. The van der Waals surface area contributed by atoms with E-state index in [1.54, 1.807) is 20.8 Å². The standard InChI is InChI=1S/C25H36O10S2/c1-17-7-11-22(12-8-17)36(30,31)34-25(35-37(32,33)23-13-9-18(2)10-14-23)24(29)16-21(28)6-4-5-20(27)15-19(3)26/h7-14,19-21,24-29H,4-6,15-16H2,1-3H3. The van der Waals surface area contributed by atoms with Gasteiger partial charge in [0.15, 0.2) is 0 Å². The van der Waals surface area contributed by atoms with E-state index >= 15 is 0 Å². The fraction of sp³-hybridized carbons (Fsp3) is 0.520. The van der Waals surface area contributed by atoms with Crippen LogP contribution < -0.4 is 0 Å². The molecule has 0 bridgehead atoms. The van der Waals surface area contributed by atoms with E-state index in [1.807, 2.05) is 0 Å². The van der Waals surface area contributed by atoms with Crippen molar-refractivity contribution in [3.05, 3.63) is 59.7 Å². The highest BCUT2D eigenvalue weighted by Crippen LogP contribution is 2.24. The Kier molecular flexibility index (Phi) is 11.7. The average molecular weight is 561 g/mol. The number of hydrogen-bond acceptors (Lipinski definition) is 10. The molecule has 37 heavy (non-hydrogen) atoms. The molecule has 4 N–H and O–H groups in total. The smallest absolute Gasteiger partial charge is 0.299 e. The lowest BCUT2D eigenvalue weighted by Gasteiger charge is -2.24. The first kappa shape index (κ1) is 31.3. The van der Waals surface area contributed by atoms with E-state index in [0.717, 1.165) is 11.1 Å². The zero-order chi connectivity index (χ0) is 27.8. The third-order valence-corrected chi connectivity index (χ3v) is 8.16. The summed E-state index contributed by atoms with van der Waals surface area (Å²) in [5, 5.41) is 40.2. The Morgan fingerprint density at radius 2 is 1.05 bits per heavy atom. The summed E-state index contributed by atoms with van der Waals surface area (Å²) in [6.45, 7) is 5.06. The summed E-state index contributed by atoms with van der Waals surface area (Å²) < 4.78 is 61.4. The van der Waals surface area contributed by atoms with Crippen LogP contribution in [0.1, 0.15) is 50.2 Å². The fourth-order valence-corrected chi connectivity index (χ4v) is 5.57. The van der Waals surface area contributed by atoms with Crippen molar-refractivity contribution in [2.45, 2.75) is 93.4 Å². The van der Waals surface area contributed by atoms with Gasteiger partial charge in [-0.1, -0.05) is 35.4 Å². The van der Waals surface area contributed by atoms with Gasteiger partial charge in [-0.25, -0.2) is 8.37 Å².